The Morgan fingerprint density at radius 3 is 1.85 bits per heavy atom. The van der Waals surface area contributed by atoms with Gasteiger partial charge in [0, 0.05) is 27.6 Å². The maximum absolute atomic E-state index is 5.06. The highest BCUT2D eigenvalue weighted by Gasteiger charge is 2.30. The van der Waals surface area contributed by atoms with E-state index in [0.717, 1.165) is 56.0 Å². The second kappa shape index (κ2) is 8.71. The molecule has 3 aromatic carbocycles. The highest BCUT2D eigenvalue weighted by Crippen LogP contribution is 2.35. The third-order valence-electron chi connectivity index (χ3n) is 7.94. The van der Waals surface area contributed by atoms with E-state index in [2.05, 4.69) is 135 Å². The zero-order chi connectivity index (χ0) is 28.7. The van der Waals surface area contributed by atoms with Crippen LogP contribution in [0.15, 0.2) is 85.2 Å². The van der Waals surface area contributed by atoms with Gasteiger partial charge in [-0.15, -0.1) is 0 Å². The number of benzene rings is 3. The first-order chi connectivity index (χ1) is 19.5. The second-order valence-electron chi connectivity index (χ2n) is 13.0. The van der Waals surface area contributed by atoms with Gasteiger partial charge in [-0.2, -0.15) is 0 Å². The molecule has 0 bridgehead atoms. The maximum Gasteiger partial charge on any atom is 0.304 e. The van der Waals surface area contributed by atoms with Crippen molar-refractivity contribution in [1.82, 2.24) is 24.1 Å². The standard InChI is InChI=1S/C35H35N6/c1-34(2,3)32-36-20-28-30(38-32)24-15-8-10-17-26(24)40(28)22-13-12-14-23(19-22)41-27-18-11-9-16-25(27)31-29(41)21-37-33(39(31)7)35(4,5)6/h8-21H,1-7H3/q+1. The largest absolute Gasteiger partial charge is 0.306 e. The van der Waals surface area contributed by atoms with Gasteiger partial charge in [-0.1, -0.05) is 62.2 Å². The molecule has 0 amide bonds. The Labute approximate surface area is 239 Å². The fourth-order valence-corrected chi connectivity index (χ4v) is 6.15. The second-order valence-corrected chi connectivity index (χ2v) is 13.0. The van der Waals surface area contributed by atoms with Gasteiger partial charge in [-0.3, -0.25) is 0 Å². The molecule has 204 valence electrons. The fourth-order valence-electron chi connectivity index (χ4n) is 6.15. The highest BCUT2D eigenvalue weighted by molar-refractivity contribution is 6.07. The van der Waals surface area contributed by atoms with Crippen LogP contribution in [0.25, 0.3) is 55.2 Å². The van der Waals surface area contributed by atoms with Crippen LogP contribution in [0.5, 0.6) is 0 Å². The van der Waals surface area contributed by atoms with Gasteiger partial charge in [0.2, 0.25) is 0 Å². The van der Waals surface area contributed by atoms with Gasteiger partial charge in [0.25, 0.3) is 0 Å². The zero-order valence-electron chi connectivity index (χ0n) is 24.8. The topological polar surface area (TPSA) is 52.4 Å². The predicted molar refractivity (Wildman–Crippen MR) is 167 cm³/mol. The minimum absolute atomic E-state index is 0.0719. The molecule has 0 radical (unpaired) electrons. The Hall–Kier alpha value is -4.58. The molecule has 0 saturated heterocycles. The molecule has 0 aliphatic heterocycles. The van der Waals surface area contributed by atoms with Crippen molar-refractivity contribution in [1.29, 1.82) is 0 Å². The first-order valence-corrected chi connectivity index (χ1v) is 14.2. The molecule has 7 rings (SSSR count). The Morgan fingerprint density at radius 1 is 0.610 bits per heavy atom. The van der Waals surface area contributed by atoms with E-state index in [4.69, 9.17) is 15.0 Å². The van der Waals surface area contributed by atoms with E-state index in [1.54, 1.807) is 0 Å². The summed E-state index contributed by atoms with van der Waals surface area (Å²) in [6.07, 6.45) is 4.01. The summed E-state index contributed by atoms with van der Waals surface area (Å²) in [6.45, 7) is 13.1. The lowest BCUT2D eigenvalue weighted by Crippen LogP contribution is -2.41. The van der Waals surface area contributed by atoms with Gasteiger partial charge in [0.15, 0.2) is 11.7 Å². The van der Waals surface area contributed by atoms with E-state index in [9.17, 15) is 0 Å². The number of aromatic nitrogens is 6. The van der Waals surface area contributed by atoms with Crippen molar-refractivity contribution in [3.63, 3.8) is 0 Å². The number of para-hydroxylation sites is 2. The summed E-state index contributed by atoms with van der Waals surface area (Å²) in [6, 6.07) is 25.8. The molecular weight excluding hydrogens is 504 g/mol. The molecular formula is C35H35N6+. The van der Waals surface area contributed by atoms with Gasteiger partial charge in [-0.05, 0) is 57.2 Å². The maximum atomic E-state index is 5.06. The van der Waals surface area contributed by atoms with E-state index in [0.29, 0.717) is 0 Å². The third kappa shape index (κ3) is 3.85. The molecule has 4 heterocycles. The third-order valence-corrected chi connectivity index (χ3v) is 7.94. The summed E-state index contributed by atoms with van der Waals surface area (Å²) in [4.78, 5) is 14.8. The van der Waals surface area contributed by atoms with Crippen molar-refractivity contribution in [2.75, 3.05) is 0 Å². The molecule has 6 heteroatoms. The van der Waals surface area contributed by atoms with E-state index in [-0.39, 0.29) is 10.8 Å². The van der Waals surface area contributed by atoms with Gasteiger partial charge < -0.3 is 9.13 Å². The van der Waals surface area contributed by atoms with E-state index in [1.165, 1.54) is 10.9 Å². The monoisotopic (exact) mass is 539 g/mol. The summed E-state index contributed by atoms with van der Waals surface area (Å²) in [5.74, 6) is 1.91. The molecule has 0 spiro atoms. The van der Waals surface area contributed by atoms with Gasteiger partial charge >= 0.3 is 5.82 Å². The summed E-state index contributed by atoms with van der Waals surface area (Å²) in [5, 5.41) is 2.34. The Bertz CT molecular complexity index is 2130. The zero-order valence-corrected chi connectivity index (χ0v) is 24.8. The van der Waals surface area contributed by atoms with Gasteiger partial charge in [0.1, 0.15) is 16.9 Å². The van der Waals surface area contributed by atoms with Crippen molar-refractivity contribution in [2.45, 2.75) is 52.4 Å². The molecule has 0 aliphatic rings. The number of hydrogen-bond donors (Lipinski definition) is 0. The van der Waals surface area contributed by atoms with Crippen LogP contribution in [-0.4, -0.2) is 24.1 Å². The van der Waals surface area contributed by atoms with Crippen molar-refractivity contribution in [3.05, 3.63) is 96.8 Å². The van der Waals surface area contributed by atoms with Crippen molar-refractivity contribution < 1.29 is 4.57 Å². The molecule has 7 aromatic rings. The molecule has 41 heavy (non-hydrogen) atoms. The number of nitrogens with zero attached hydrogens (tertiary/aromatic N) is 6. The van der Waals surface area contributed by atoms with Gasteiger partial charge in [0.05, 0.1) is 35.2 Å². The lowest BCUT2D eigenvalue weighted by atomic mass is 9.95. The van der Waals surface area contributed by atoms with E-state index < -0.39 is 0 Å². The SMILES string of the molecule is C[n+]1c(C(C)(C)C)ncc2c1c1ccccc1n2-c1cccc(-n2c3ccccc3c3nc(C(C)(C)C)ncc32)c1. The number of fused-ring (bicyclic) bond motifs is 6. The molecule has 0 unspecified atom stereocenters. The molecule has 0 fully saturated rings. The number of hydrogen-bond acceptors (Lipinski definition) is 3. The average molecular weight is 540 g/mol. The van der Waals surface area contributed by atoms with Crippen LogP contribution in [0.1, 0.15) is 53.2 Å². The molecule has 0 saturated carbocycles. The Morgan fingerprint density at radius 2 is 1.20 bits per heavy atom. The normalized spacial score (nSPS) is 12.8. The average Bonchev–Trinajstić information content (AvgIpc) is 3.45. The van der Waals surface area contributed by atoms with Crippen LogP contribution >= 0.6 is 0 Å². The van der Waals surface area contributed by atoms with Crippen LogP contribution in [0.3, 0.4) is 0 Å². The molecule has 0 atom stereocenters. The molecule has 0 aliphatic carbocycles. The summed E-state index contributed by atoms with van der Waals surface area (Å²) in [7, 11) is 2.13. The van der Waals surface area contributed by atoms with Crippen LogP contribution in [-0.2, 0) is 17.9 Å². The predicted octanol–water partition coefficient (Wildman–Crippen LogP) is 7.49. The summed E-state index contributed by atoms with van der Waals surface area (Å²) in [5.41, 5.74) is 8.46. The van der Waals surface area contributed by atoms with Crippen LogP contribution < -0.4 is 4.57 Å². The first-order valence-electron chi connectivity index (χ1n) is 14.2. The van der Waals surface area contributed by atoms with E-state index in [1.807, 2.05) is 12.4 Å². The fraction of sp³-hybridized carbons (Fsp3) is 0.257. The lowest BCUT2D eigenvalue weighted by Gasteiger charge is -2.16. The molecule has 6 nitrogen and oxygen atoms in total. The summed E-state index contributed by atoms with van der Waals surface area (Å²) >= 11 is 0. The highest BCUT2D eigenvalue weighted by atomic mass is 15.1. The minimum atomic E-state index is -0.134. The quantitative estimate of drug-likeness (QED) is 0.214. The molecule has 4 aromatic heterocycles. The van der Waals surface area contributed by atoms with Gasteiger partial charge in [-0.25, -0.2) is 14.5 Å². The number of rotatable bonds is 2. The Kier molecular flexibility index (Phi) is 5.39. The van der Waals surface area contributed by atoms with Crippen molar-refractivity contribution >= 4 is 43.9 Å². The van der Waals surface area contributed by atoms with Crippen molar-refractivity contribution in [3.8, 4) is 11.4 Å². The van der Waals surface area contributed by atoms with Crippen molar-refractivity contribution in [2.24, 2.45) is 7.05 Å². The number of aryl methyl sites for hydroxylation is 1. The molecule has 0 N–H and O–H groups in total. The van der Waals surface area contributed by atoms with Crippen LogP contribution in [0, 0.1) is 0 Å². The van der Waals surface area contributed by atoms with Crippen LogP contribution in [0.2, 0.25) is 0 Å². The van der Waals surface area contributed by atoms with E-state index >= 15 is 0 Å². The Balaban J connectivity index is 1.51. The minimum Gasteiger partial charge on any atom is -0.306 e. The lowest BCUT2D eigenvalue weighted by molar-refractivity contribution is -0.659. The first kappa shape index (κ1) is 25.4. The smallest absolute Gasteiger partial charge is 0.304 e. The summed E-state index contributed by atoms with van der Waals surface area (Å²) < 4.78 is 6.87. The van der Waals surface area contributed by atoms with Crippen LogP contribution in [0.4, 0.5) is 0 Å².